The maximum atomic E-state index is 12.7. The molecular formula is C21H22N2O4S. The van der Waals surface area contributed by atoms with Gasteiger partial charge in [-0.2, -0.15) is 0 Å². The highest BCUT2D eigenvalue weighted by Gasteiger charge is 2.40. The summed E-state index contributed by atoms with van der Waals surface area (Å²) in [5.74, 6) is 0.450. The molecular weight excluding hydrogens is 376 g/mol. The van der Waals surface area contributed by atoms with Crippen LogP contribution in [0.5, 0.6) is 5.75 Å². The van der Waals surface area contributed by atoms with Crippen molar-refractivity contribution in [3.63, 3.8) is 0 Å². The Kier molecular flexibility index (Phi) is 4.93. The van der Waals surface area contributed by atoms with Crippen LogP contribution < -0.4 is 10.1 Å². The van der Waals surface area contributed by atoms with E-state index in [1.54, 1.807) is 4.90 Å². The highest BCUT2D eigenvalue weighted by Crippen LogP contribution is 2.34. The molecule has 0 radical (unpaired) electrons. The molecule has 0 aliphatic carbocycles. The van der Waals surface area contributed by atoms with Crippen LogP contribution in [-0.2, 0) is 22.7 Å². The molecule has 2 aliphatic heterocycles. The highest BCUT2D eigenvalue weighted by molar-refractivity contribution is 7.10. The van der Waals surface area contributed by atoms with Crippen molar-refractivity contribution in [1.82, 2.24) is 10.2 Å². The lowest BCUT2D eigenvalue weighted by molar-refractivity contribution is -0.136. The van der Waals surface area contributed by atoms with Gasteiger partial charge in [-0.25, -0.2) is 0 Å². The number of hydrogen-bond acceptors (Lipinski definition) is 5. The first-order valence-corrected chi connectivity index (χ1v) is 10.3. The van der Waals surface area contributed by atoms with Gasteiger partial charge in [-0.1, -0.05) is 26.0 Å². The molecule has 1 aromatic carbocycles. The molecule has 3 amide bonds. The SMILES string of the molecule is CC(C)c1ccc(OCc2scc3c2CN(C2CCC(=O)NC2=O)C3=O)cc1. The Morgan fingerprint density at radius 3 is 2.64 bits per heavy atom. The number of fused-ring (bicyclic) bond motifs is 1. The number of thiophene rings is 1. The number of carbonyl (C=O) groups excluding carboxylic acids is 3. The molecule has 0 saturated carbocycles. The third-order valence-corrected chi connectivity index (χ3v) is 6.31. The minimum atomic E-state index is -0.583. The van der Waals surface area contributed by atoms with E-state index in [1.165, 1.54) is 16.9 Å². The fraction of sp³-hybridized carbons (Fsp3) is 0.381. The number of imide groups is 1. The first-order chi connectivity index (χ1) is 13.4. The molecule has 146 valence electrons. The Hall–Kier alpha value is -2.67. The number of amides is 3. The zero-order chi connectivity index (χ0) is 19.8. The first-order valence-electron chi connectivity index (χ1n) is 9.40. The average Bonchev–Trinajstić information content (AvgIpc) is 3.21. The van der Waals surface area contributed by atoms with Crippen LogP contribution in [0.15, 0.2) is 29.6 Å². The Morgan fingerprint density at radius 1 is 1.21 bits per heavy atom. The summed E-state index contributed by atoms with van der Waals surface area (Å²) in [7, 11) is 0. The van der Waals surface area contributed by atoms with Crippen LogP contribution in [0.3, 0.4) is 0 Å². The summed E-state index contributed by atoms with van der Waals surface area (Å²) in [5.41, 5.74) is 2.83. The van der Waals surface area contributed by atoms with E-state index in [1.807, 2.05) is 17.5 Å². The first kappa shape index (κ1) is 18.7. The van der Waals surface area contributed by atoms with Gasteiger partial charge in [0, 0.05) is 28.8 Å². The maximum Gasteiger partial charge on any atom is 0.256 e. The molecule has 1 saturated heterocycles. The predicted molar refractivity (Wildman–Crippen MR) is 105 cm³/mol. The van der Waals surface area contributed by atoms with E-state index in [0.717, 1.165) is 16.2 Å². The monoisotopic (exact) mass is 398 g/mol. The highest BCUT2D eigenvalue weighted by atomic mass is 32.1. The van der Waals surface area contributed by atoms with Crippen molar-refractivity contribution >= 4 is 29.1 Å². The number of rotatable bonds is 5. The second-order valence-corrected chi connectivity index (χ2v) is 8.43. The summed E-state index contributed by atoms with van der Waals surface area (Å²) in [6, 6.07) is 7.47. The lowest BCUT2D eigenvalue weighted by Crippen LogP contribution is -2.52. The third kappa shape index (κ3) is 3.42. The van der Waals surface area contributed by atoms with Crippen molar-refractivity contribution in [3.05, 3.63) is 51.2 Å². The summed E-state index contributed by atoms with van der Waals surface area (Å²) in [6.07, 6.45) is 0.632. The maximum absolute atomic E-state index is 12.7. The zero-order valence-electron chi connectivity index (χ0n) is 15.9. The lowest BCUT2D eigenvalue weighted by atomic mass is 10.0. The van der Waals surface area contributed by atoms with Crippen molar-refractivity contribution in [3.8, 4) is 5.75 Å². The molecule has 1 aromatic heterocycles. The van der Waals surface area contributed by atoms with Crippen molar-refractivity contribution < 1.29 is 19.1 Å². The standard InChI is InChI=1S/C21H22N2O4S/c1-12(2)13-3-5-14(6-4-13)27-10-18-15-9-23(21(26)16(15)11-28-18)17-7-8-19(24)22-20(17)25/h3-6,11-12,17H,7-10H2,1-2H3,(H,22,24,25). The van der Waals surface area contributed by atoms with Crippen LogP contribution in [0.25, 0.3) is 0 Å². The van der Waals surface area contributed by atoms with Gasteiger partial charge < -0.3 is 9.64 Å². The molecule has 0 bridgehead atoms. The van der Waals surface area contributed by atoms with Crippen molar-refractivity contribution in [2.24, 2.45) is 0 Å². The quantitative estimate of drug-likeness (QED) is 0.785. The van der Waals surface area contributed by atoms with Gasteiger partial charge in [0.05, 0.1) is 5.56 Å². The molecule has 6 nitrogen and oxygen atoms in total. The van der Waals surface area contributed by atoms with Crippen LogP contribution in [0, 0.1) is 0 Å². The molecule has 3 heterocycles. The Balaban J connectivity index is 1.45. The molecule has 1 atom stereocenters. The number of carbonyl (C=O) groups is 3. The molecule has 2 aliphatic rings. The molecule has 0 spiro atoms. The normalized spacial score (nSPS) is 19.2. The number of hydrogen-bond donors (Lipinski definition) is 1. The van der Waals surface area contributed by atoms with Crippen LogP contribution >= 0.6 is 11.3 Å². The smallest absolute Gasteiger partial charge is 0.256 e. The third-order valence-electron chi connectivity index (χ3n) is 5.30. The van der Waals surface area contributed by atoms with Crippen LogP contribution in [-0.4, -0.2) is 28.7 Å². The van der Waals surface area contributed by atoms with Gasteiger partial charge in [-0.3, -0.25) is 19.7 Å². The second kappa shape index (κ2) is 7.39. The molecule has 4 rings (SSSR count). The fourth-order valence-electron chi connectivity index (χ4n) is 3.62. The topological polar surface area (TPSA) is 75.7 Å². The minimum absolute atomic E-state index is 0.145. The Labute approximate surface area is 167 Å². The van der Waals surface area contributed by atoms with Crippen LogP contribution in [0.1, 0.15) is 59.0 Å². The second-order valence-electron chi connectivity index (χ2n) is 7.46. The van der Waals surface area contributed by atoms with Gasteiger partial charge in [-0.15, -0.1) is 11.3 Å². The average molecular weight is 398 g/mol. The molecule has 1 unspecified atom stereocenters. The van der Waals surface area contributed by atoms with Gasteiger partial charge in [-0.05, 0) is 30.0 Å². The van der Waals surface area contributed by atoms with Crippen molar-refractivity contribution in [2.45, 2.75) is 51.8 Å². The van der Waals surface area contributed by atoms with Gasteiger partial charge >= 0.3 is 0 Å². The number of piperidine rings is 1. The summed E-state index contributed by atoms with van der Waals surface area (Å²) >= 11 is 1.51. The summed E-state index contributed by atoms with van der Waals surface area (Å²) in [5, 5.41) is 4.16. The Morgan fingerprint density at radius 2 is 1.96 bits per heavy atom. The number of nitrogens with one attached hydrogen (secondary N) is 1. The van der Waals surface area contributed by atoms with Gasteiger partial charge in [0.15, 0.2) is 0 Å². The van der Waals surface area contributed by atoms with E-state index in [4.69, 9.17) is 4.74 Å². The molecule has 28 heavy (non-hydrogen) atoms. The molecule has 2 aromatic rings. The minimum Gasteiger partial charge on any atom is -0.488 e. The Bertz CT molecular complexity index is 932. The van der Waals surface area contributed by atoms with Crippen molar-refractivity contribution in [1.29, 1.82) is 0 Å². The number of ether oxygens (including phenoxy) is 1. The van der Waals surface area contributed by atoms with E-state index in [2.05, 4.69) is 31.3 Å². The van der Waals surface area contributed by atoms with Gasteiger partial charge in [0.1, 0.15) is 18.4 Å². The summed E-state index contributed by atoms with van der Waals surface area (Å²) < 4.78 is 5.92. The van der Waals surface area contributed by atoms with E-state index in [9.17, 15) is 14.4 Å². The van der Waals surface area contributed by atoms with E-state index in [0.29, 0.717) is 31.1 Å². The van der Waals surface area contributed by atoms with Gasteiger partial charge in [0.2, 0.25) is 11.8 Å². The fourth-order valence-corrected chi connectivity index (χ4v) is 4.57. The van der Waals surface area contributed by atoms with E-state index >= 15 is 0 Å². The number of benzene rings is 1. The largest absolute Gasteiger partial charge is 0.488 e. The van der Waals surface area contributed by atoms with E-state index in [-0.39, 0.29) is 24.1 Å². The number of nitrogens with zero attached hydrogens (tertiary/aromatic N) is 1. The van der Waals surface area contributed by atoms with Crippen molar-refractivity contribution in [2.75, 3.05) is 0 Å². The molecule has 1 fully saturated rings. The predicted octanol–water partition coefficient (Wildman–Crippen LogP) is 3.21. The van der Waals surface area contributed by atoms with Crippen LogP contribution in [0.2, 0.25) is 0 Å². The molecule has 7 heteroatoms. The van der Waals surface area contributed by atoms with Gasteiger partial charge in [0.25, 0.3) is 5.91 Å². The van der Waals surface area contributed by atoms with Crippen LogP contribution in [0.4, 0.5) is 0 Å². The summed E-state index contributed by atoms with van der Waals surface area (Å²) in [6.45, 7) is 5.07. The zero-order valence-corrected chi connectivity index (χ0v) is 16.7. The lowest BCUT2D eigenvalue weighted by Gasteiger charge is -2.29. The molecule has 1 N–H and O–H groups in total. The summed E-state index contributed by atoms with van der Waals surface area (Å²) in [4.78, 5) is 38.8. The van der Waals surface area contributed by atoms with E-state index < -0.39 is 6.04 Å².